The molecule has 1 aromatic heterocycles. The number of hydrogen-bond donors (Lipinski definition) is 1. The minimum Gasteiger partial charge on any atom is -0.449 e. The van der Waals surface area contributed by atoms with Gasteiger partial charge in [0.2, 0.25) is 5.91 Å². The van der Waals surface area contributed by atoms with Crippen molar-refractivity contribution in [2.24, 2.45) is 0 Å². The van der Waals surface area contributed by atoms with Crippen LogP contribution in [-0.2, 0) is 11.2 Å². The average molecular weight is 334 g/mol. The summed E-state index contributed by atoms with van der Waals surface area (Å²) < 4.78 is 23.1. The second-order valence-electron chi connectivity index (χ2n) is 5.19. The summed E-state index contributed by atoms with van der Waals surface area (Å²) in [6.45, 7) is 0.534. The number of halogens is 1. The first-order valence-electron chi connectivity index (χ1n) is 7.40. The number of nitrogens with zero attached hydrogens (tertiary/aromatic N) is 3. The number of amides is 3. The fourth-order valence-electron chi connectivity index (χ4n) is 2.22. The zero-order valence-electron chi connectivity index (χ0n) is 12.7. The van der Waals surface area contributed by atoms with Crippen molar-refractivity contribution in [1.82, 2.24) is 20.4 Å². The highest BCUT2D eigenvalue weighted by molar-refractivity contribution is 6.01. The Balaban J connectivity index is 1.43. The van der Waals surface area contributed by atoms with E-state index in [4.69, 9.17) is 9.26 Å². The predicted octanol–water partition coefficient (Wildman–Crippen LogP) is 1.12. The van der Waals surface area contributed by atoms with Gasteiger partial charge < -0.3 is 10.1 Å². The van der Waals surface area contributed by atoms with Gasteiger partial charge in [-0.15, -0.1) is 0 Å². The van der Waals surface area contributed by atoms with Crippen LogP contribution in [0.2, 0.25) is 0 Å². The van der Waals surface area contributed by atoms with E-state index in [1.165, 1.54) is 12.1 Å². The van der Waals surface area contributed by atoms with Gasteiger partial charge in [0.05, 0.1) is 13.2 Å². The van der Waals surface area contributed by atoms with E-state index in [2.05, 4.69) is 15.5 Å². The Labute approximate surface area is 136 Å². The molecule has 0 atom stereocenters. The van der Waals surface area contributed by atoms with E-state index in [1.807, 2.05) is 0 Å². The van der Waals surface area contributed by atoms with Gasteiger partial charge in [0.1, 0.15) is 5.82 Å². The molecule has 3 amide bonds. The van der Waals surface area contributed by atoms with Gasteiger partial charge >= 0.3 is 12.1 Å². The number of rotatable bonds is 7. The molecule has 0 radical (unpaired) electrons. The standard InChI is InChI=1S/C15H15FN4O4/c16-11-4-2-10(3-5-11)8-12-18-15(24-19-12)23-7-1-6-20-13(21)9-17-14(20)22/h2-5H,1,6-9H2,(H,17,22). The van der Waals surface area contributed by atoms with E-state index in [-0.39, 0.29) is 43.5 Å². The number of benzene rings is 1. The molecule has 1 aromatic carbocycles. The van der Waals surface area contributed by atoms with E-state index in [0.717, 1.165) is 10.5 Å². The molecular formula is C15H15FN4O4. The summed E-state index contributed by atoms with van der Waals surface area (Å²) in [5, 5.41) is 6.22. The molecule has 1 fully saturated rings. The summed E-state index contributed by atoms with van der Waals surface area (Å²) in [6, 6.07) is 5.62. The third-order valence-electron chi connectivity index (χ3n) is 3.41. The highest BCUT2D eigenvalue weighted by Gasteiger charge is 2.27. The third kappa shape index (κ3) is 3.86. The number of urea groups is 1. The van der Waals surface area contributed by atoms with E-state index < -0.39 is 0 Å². The summed E-state index contributed by atoms with van der Waals surface area (Å²) in [7, 11) is 0. The van der Waals surface area contributed by atoms with Gasteiger partial charge in [-0.3, -0.25) is 14.2 Å². The molecule has 3 rings (SSSR count). The van der Waals surface area contributed by atoms with Crippen LogP contribution in [0.25, 0.3) is 0 Å². The van der Waals surface area contributed by atoms with Crippen LogP contribution in [0.1, 0.15) is 17.8 Å². The molecule has 0 spiro atoms. The van der Waals surface area contributed by atoms with Crippen molar-refractivity contribution in [3.63, 3.8) is 0 Å². The van der Waals surface area contributed by atoms with Crippen LogP contribution in [0.15, 0.2) is 28.8 Å². The molecule has 8 nitrogen and oxygen atoms in total. The van der Waals surface area contributed by atoms with E-state index in [9.17, 15) is 14.0 Å². The van der Waals surface area contributed by atoms with Gasteiger partial charge in [0.15, 0.2) is 5.82 Å². The molecular weight excluding hydrogens is 319 g/mol. The van der Waals surface area contributed by atoms with Crippen LogP contribution in [0.4, 0.5) is 9.18 Å². The molecule has 1 saturated heterocycles. The molecule has 126 valence electrons. The Kier molecular flexibility index (Phi) is 4.69. The second kappa shape index (κ2) is 7.07. The first kappa shape index (κ1) is 15.9. The summed E-state index contributed by atoms with van der Waals surface area (Å²) in [4.78, 5) is 27.9. The van der Waals surface area contributed by atoms with Crippen LogP contribution in [0.3, 0.4) is 0 Å². The molecule has 24 heavy (non-hydrogen) atoms. The van der Waals surface area contributed by atoms with Crippen molar-refractivity contribution >= 4 is 11.9 Å². The molecule has 0 unspecified atom stereocenters. The van der Waals surface area contributed by atoms with Crippen LogP contribution in [0, 0.1) is 5.82 Å². The molecule has 1 aliphatic rings. The predicted molar refractivity (Wildman–Crippen MR) is 78.7 cm³/mol. The number of aromatic nitrogens is 2. The largest absolute Gasteiger partial charge is 0.449 e. The van der Waals surface area contributed by atoms with Crippen molar-refractivity contribution in [1.29, 1.82) is 0 Å². The molecule has 0 aliphatic carbocycles. The van der Waals surface area contributed by atoms with Crippen molar-refractivity contribution < 1.29 is 23.2 Å². The molecule has 0 bridgehead atoms. The fourth-order valence-corrected chi connectivity index (χ4v) is 2.22. The van der Waals surface area contributed by atoms with Gasteiger partial charge in [0.25, 0.3) is 0 Å². The lowest BCUT2D eigenvalue weighted by Gasteiger charge is -2.11. The van der Waals surface area contributed by atoms with Crippen LogP contribution in [-0.4, -0.2) is 46.7 Å². The zero-order chi connectivity index (χ0) is 16.9. The molecule has 2 heterocycles. The second-order valence-corrected chi connectivity index (χ2v) is 5.19. The Morgan fingerprint density at radius 1 is 1.29 bits per heavy atom. The van der Waals surface area contributed by atoms with Crippen molar-refractivity contribution in [3.05, 3.63) is 41.5 Å². The van der Waals surface area contributed by atoms with Crippen molar-refractivity contribution in [2.75, 3.05) is 19.7 Å². The number of carbonyl (C=O) groups excluding carboxylic acids is 2. The van der Waals surface area contributed by atoms with Gasteiger partial charge in [-0.05, 0) is 24.1 Å². The lowest BCUT2D eigenvalue weighted by atomic mass is 10.1. The topological polar surface area (TPSA) is 97.6 Å². The van der Waals surface area contributed by atoms with Gasteiger partial charge in [0, 0.05) is 13.0 Å². The maximum absolute atomic E-state index is 12.8. The van der Waals surface area contributed by atoms with Crippen molar-refractivity contribution in [2.45, 2.75) is 12.8 Å². The van der Waals surface area contributed by atoms with Gasteiger partial charge in [-0.25, -0.2) is 9.18 Å². The number of imide groups is 1. The highest BCUT2D eigenvalue weighted by atomic mass is 19.1. The third-order valence-corrected chi connectivity index (χ3v) is 3.41. The summed E-state index contributed by atoms with van der Waals surface area (Å²) in [5.74, 6) is -0.133. The Morgan fingerprint density at radius 2 is 2.08 bits per heavy atom. The van der Waals surface area contributed by atoms with Crippen LogP contribution >= 0.6 is 0 Å². The SMILES string of the molecule is O=C1CNC(=O)N1CCCOc1nc(Cc2ccc(F)cc2)no1. The molecule has 2 aromatic rings. The lowest BCUT2D eigenvalue weighted by molar-refractivity contribution is -0.125. The number of nitrogens with one attached hydrogen (secondary N) is 1. The molecule has 1 aliphatic heterocycles. The maximum Gasteiger partial charge on any atom is 0.417 e. The molecule has 1 N–H and O–H groups in total. The normalized spacial score (nSPS) is 14.1. The first-order valence-corrected chi connectivity index (χ1v) is 7.40. The smallest absolute Gasteiger partial charge is 0.417 e. The lowest BCUT2D eigenvalue weighted by Crippen LogP contribution is -2.32. The number of hydrogen-bond acceptors (Lipinski definition) is 6. The monoisotopic (exact) mass is 334 g/mol. The van der Waals surface area contributed by atoms with E-state index >= 15 is 0 Å². The van der Waals surface area contributed by atoms with E-state index in [0.29, 0.717) is 18.7 Å². The van der Waals surface area contributed by atoms with E-state index in [1.54, 1.807) is 12.1 Å². The summed E-state index contributed by atoms with van der Waals surface area (Å²) >= 11 is 0. The molecule has 0 saturated carbocycles. The van der Waals surface area contributed by atoms with Gasteiger partial charge in [-0.2, -0.15) is 4.98 Å². The Bertz CT molecular complexity index is 715. The fraction of sp³-hybridized carbons (Fsp3) is 0.333. The van der Waals surface area contributed by atoms with Gasteiger partial charge in [-0.1, -0.05) is 17.3 Å². The average Bonchev–Trinajstić information content (AvgIpc) is 3.14. The quantitative estimate of drug-likeness (QED) is 0.602. The minimum absolute atomic E-state index is 0.0179. The maximum atomic E-state index is 12.8. The summed E-state index contributed by atoms with van der Waals surface area (Å²) in [5.41, 5.74) is 0.849. The number of ether oxygens (including phenoxy) is 1. The van der Waals surface area contributed by atoms with Crippen LogP contribution < -0.4 is 10.1 Å². The highest BCUT2D eigenvalue weighted by Crippen LogP contribution is 2.12. The Hall–Kier alpha value is -2.97. The minimum atomic E-state index is -0.389. The summed E-state index contributed by atoms with van der Waals surface area (Å²) in [6.07, 6.45) is 0.869. The number of carbonyl (C=O) groups is 2. The van der Waals surface area contributed by atoms with Crippen molar-refractivity contribution in [3.8, 4) is 6.08 Å². The first-order chi connectivity index (χ1) is 11.6. The Morgan fingerprint density at radius 3 is 2.79 bits per heavy atom. The molecule has 9 heteroatoms. The zero-order valence-corrected chi connectivity index (χ0v) is 12.7. The van der Waals surface area contributed by atoms with Crippen LogP contribution in [0.5, 0.6) is 6.08 Å².